The zero-order valence-corrected chi connectivity index (χ0v) is 8.48. The Hall–Kier alpha value is -1.11. The molecule has 0 fully saturated rings. The summed E-state index contributed by atoms with van der Waals surface area (Å²) in [6, 6.07) is 6.02. The Morgan fingerprint density at radius 3 is 2.71 bits per heavy atom. The Kier molecular flexibility index (Phi) is 3.10. The van der Waals surface area contributed by atoms with Crippen molar-refractivity contribution in [2.24, 2.45) is 5.73 Å². The zero-order chi connectivity index (χ0) is 10.8. The number of nitrogens with zero attached hydrogens (tertiary/aromatic N) is 1. The van der Waals surface area contributed by atoms with Crippen LogP contribution in [0.5, 0.6) is 0 Å². The van der Waals surface area contributed by atoms with Gasteiger partial charge in [-0.05, 0) is 30.7 Å². The van der Waals surface area contributed by atoms with E-state index in [1.54, 1.807) is 13.0 Å². The van der Waals surface area contributed by atoms with Crippen molar-refractivity contribution in [1.82, 2.24) is 0 Å². The van der Waals surface area contributed by atoms with Gasteiger partial charge in [0.2, 0.25) is 0 Å². The highest BCUT2D eigenvalue weighted by Crippen LogP contribution is 2.25. The van der Waals surface area contributed by atoms with Gasteiger partial charge >= 0.3 is 0 Å². The first kappa shape index (κ1) is 11.0. The SMILES string of the molecule is C[C@](N)(CC#N)c1cc(F)cc(Cl)c1. The van der Waals surface area contributed by atoms with Gasteiger partial charge in [-0.25, -0.2) is 4.39 Å². The minimum absolute atomic E-state index is 0.118. The van der Waals surface area contributed by atoms with E-state index in [1.165, 1.54) is 12.1 Å². The highest BCUT2D eigenvalue weighted by molar-refractivity contribution is 6.30. The fraction of sp³-hybridized carbons (Fsp3) is 0.300. The number of nitriles is 1. The standard InChI is InChI=1S/C10H10ClFN2/c1-10(14,2-3-13)7-4-8(11)6-9(12)5-7/h4-6H,2,14H2,1H3/t10-/m0/s1. The van der Waals surface area contributed by atoms with Crippen LogP contribution in [0.25, 0.3) is 0 Å². The lowest BCUT2D eigenvalue weighted by atomic mass is 9.90. The Labute approximate surface area is 87.1 Å². The number of hydrogen-bond acceptors (Lipinski definition) is 2. The maximum Gasteiger partial charge on any atom is 0.125 e. The van der Waals surface area contributed by atoms with Crippen molar-refractivity contribution in [1.29, 1.82) is 5.26 Å². The topological polar surface area (TPSA) is 49.8 Å². The highest BCUT2D eigenvalue weighted by Gasteiger charge is 2.21. The molecule has 1 rings (SSSR count). The molecule has 0 amide bonds. The third-order valence-corrected chi connectivity index (χ3v) is 2.19. The fourth-order valence-electron chi connectivity index (χ4n) is 1.15. The monoisotopic (exact) mass is 212 g/mol. The molecule has 0 radical (unpaired) electrons. The van der Waals surface area contributed by atoms with Crippen LogP contribution in [0.2, 0.25) is 5.02 Å². The molecule has 4 heteroatoms. The van der Waals surface area contributed by atoms with Crippen LogP contribution in [0.3, 0.4) is 0 Å². The van der Waals surface area contributed by atoms with E-state index < -0.39 is 11.4 Å². The van der Waals surface area contributed by atoms with Crippen LogP contribution in [-0.4, -0.2) is 0 Å². The second kappa shape index (κ2) is 3.95. The molecule has 0 bridgehead atoms. The van der Waals surface area contributed by atoms with Gasteiger partial charge in [-0.2, -0.15) is 5.26 Å². The molecule has 0 spiro atoms. The molecule has 1 aromatic carbocycles. The van der Waals surface area contributed by atoms with Gasteiger partial charge in [0.25, 0.3) is 0 Å². The lowest BCUT2D eigenvalue weighted by Crippen LogP contribution is -2.32. The van der Waals surface area contributed by atoms with Gasteiger partial charge in [-0.15, -0.1) is 0 Å². The quantitative estimate of drug-likeness (QED) is 0.819. The number of benzene rings is 1. The third kappa shape index (κ3) is 2.44. The number of hydrogen-bond donors (Lipinski definition) is 1. The lowest BCUT2D eigenvalue weighted by Gasteiger charge is -2.22. The normalized spacial score (nSPS) is 14.5. The molecule has 0 unspecified atom stereocenters. The van der Waals surface area contributed by atoms with Gasteiger partial charge in [0, 0.05) is 5.02 Å². The molecule has 1 aromatic rings. The van der Waals surface area contributed by atoms with Crippen LogP contribution in [-0.2, 0) is 5.54 Å². The maximum absolute atomic E-state index is 13.0. The molecule has 2 nitrogen and oxygen atoms in total. The van der Waals surface area contributed by atoms with E-state index in [0.717, 1.165) is 0 Å². The maximum atomic E-state index is 13.0. The second-order valence-corrected chi connectivity index (χ2v) is 3.85. The summed E-state index contributed by atoms with van der Waals surface area (Å²) in [5, 5.41) is 8.83. The first-order valence-corrected chi connectivity index (χ1v) is 4.46. The van der Waals surface area contributed by atoms with Crippen LogP contribution >= 0.6 is 11.6 Å². The minimum Gasteiger partial charge on any atom is -0.321 e. The largest absolute Gasteiger partial charge is 0.321 e. The second-order valence-electron chi connectivity index (χ2n) is 3.41. The van der Waals surface area contributed by atoms with Crippen molar-refractivity contribution in [3.05, 3.63) is 34.6 Å². The summed E-state index contributed by atoms with van der Waals surface area (Å²) in [4.78, 5) is 0. The molecule has 0 heterocycles. The molecular weight excluding hydrogens is 203 g/mol. The number of nitrogens with two attached hydrogens (primary N) is 1. The van der Waals surface area contributed by atoms with Gasteiger partial charge < -0.3 is 5.73 Å². The smallest absolute Gasteiger partial charge is 0.125 e. The van der Waals surface area contributed by atoms with Crippen molar-refractivity contribution < 1.29 is 4.39 Å². The van der Waals surface area contributed by atoms with E-state index in [2.05, 4.69) is 0 Å². The van der Waals surface area contributed by atoms with Crippen molar-refractivity contribution in [2.45, 2.75) is 18.9 Å². The molecule has 2 N–H and O–H groups in total. The van der Waals surface area contributed by atoms with Gasteiger partial charge in [0.05, 0.1) is 18.0 Å². The van der Waals surface area contributed by atoms with E-state index >= 15 is 0 Å². The average Bonchev–Trinajstić information content (AvgIpc) is 2.02. The lowest BCUT2D eigenvalue weighted by molar-refractivity contribution is 0.501. The third-order valence-electron chi connectivity index (χ3n) is 1.97. The Bertz CT molecular complexity index is 362. The Balaban J connectivity index is 3.13. The van der Waals surface area contributed by atoms with E-state index in [1.807, 2.05) is 6.07 Å². The number of halogens is 2. The fourth-order valence-corrected chi connectivity index (χ4v) is 1.37. The van der Waals surface area contributed by atoms with Crippen LogP contribution in [0, 0.1) is 17.1 Å². The van der Waals surface area contributed by atoms with Crippen LogP contribution in [0.1, 0.15) is 18.9 Å². The Morgan fingerprint density at radius 1 is 1.57 bits per heavy atom. The summed E-state index contributed by atoms with van der Waals surface area (Å²) >= 11 is 5.68. The highest BCUT2D eigenvalue weighted by atomic mass is 35.5. The summed E-state index contributed by atoms with van der Waals surface area (Å²) < 4.78 is 13.0. The van der Waals surface area contributed by atoms with Crippen LogP contribution in [0.4, 0.5) is 4.39 Å². The molecule has 0 saturated carbocycles. The molecule has 0 aliphatic rings. The average molecular weight is 213 g/mol. The summed E-state index contributed by atoms with van der Waals surface area (Å²) in [5.41, 5.74) is 5.51. The first-order chi connectivity index (χ1) is 6.45. The Morgan fingerprint density at radius 2 is 2.21 bits per heavy atom. The van der Waals surface area contributed by atoms with Gasteiger partial charge in [-0.3, -0.25) is 0 Å². The van der Waals surface area contributed by atoms with Crippen molar-refractivity contribution >= 4 is 11.6 Å². The predicted molar refractivity (Wildman–Crippen MR) is 53.2 cm³/mol. The molecule has 74 valence electrons. The van der Waals surface area contributed by atoms with Gasteiger partial charge in [0.15, 0.2) is 0 Å². The van der Waals surface area contributed by atoms with Crippen molar-refractivity contribution in [3.8, 4) is 6.07 Å². The molecule has 14 heavy (non-hydrogen) atoms. The number of rotatable bonds is 2. The minimum atomic E-state index is -0.861. The first-order valence-electron chi connectivity index (χ1n) is 4.08. The molecule has 0 aromatic heterocycles. The van der Waals surface area contributed by atoms with E-state index in [0.29, 0.717) is 5.56 Å². The van der Waals surface area contributed by atoms with E-state index in [-0.39, 0.29) is 11.4 Å². The van der Waals surface area contributed by atoms with Gasteiger partial charge in [0.1, 0.15) is 5.82 Å². The molecule has 0 aliphatic carbocycles. The summed E-state index contributed by atoms with van der Waals surface area (Å²) in [6.07, 6.45) is 0.118. The summed E-state index contributed by atoms with van der Waals surface area (Å²) in [7, 11) is 0. The van der Waals surface area contributed by atoms with Crippen LogP contribution in [0.15, 0.2) is 18.2 Å². The van der Waals surface area contributed by atoms with Gasteiger partial charge in [-0.1, -0.05) is 11.6 Å². The molecular formula is C10H10ClFN2. The van der Waals surface area contributed by atoms with Crippen molar-refractivity contribution in [3.63, 3.8) is 0 Å². The molecule has 0 aliphatic heterocycles. The summed E-state index contributed by atoms with van der Waals surface area (Å²) in [5.74, 6) is -0.442. The predicted octanol–water partition coefficient (Wildman–Crippen LogP) is 2.57. The summed E-state index contributed by atoms with van der Waals surface area (Å²) in [6.45, 7) is 1.67. The van der Waals surface area contributed by atoms with Crippen molar-refractivity contribution in [2.75, 3.05) is 0 Å². The van der Waals surface area contributed by atoms with E-state index in [9.17, 15) is 4.39 Å². The zero-order valence-electron chi connectivity index (χ0n) is 7.72. The molecule has 0 saturated heterocycles. The van der Waals surface area contributed by atoms with E-state index in [4.69, 9.17) is 22.6 Å². The molecule has 1 atom stereocenters. The van der Waals surface area contributed by atoms with Crippen LogP contribution < -0.4 is 5.73 Å².